The first kappa shape index (κ1) is 18.4. The fraction of sp³-hybridized carbons (Fsp3) is 0.350. The van der Waals surface area contributed by atoms with Crippen LogP contribution in [0.25, 0.3) is 0 Å². The maximum absolute atomic E-state index is 13.3. The van der Waals surface area contributed by atoms with Gasteiger partial charge in [0.15, 0.2) is 0 Å². The van der Waals surface area contributed by atoms with Gasteiger partial charge in [-0.05, 0) is 43.2 Å². The van der Waals surface area contributed by atoms with Crippen LogP contribution < -0.4 is 10.6 Å². The molecule has 1 saturated heterocycles. The highest BCUT2D eigenvalue weighted by Gasteiger charge is 2.25. The molecule has 0 aliphatic carbocycles. The van der Waals surface area contributed by atoms with Crippen molar-refractivity contribution in [2.75, 3.05) is 23.7 Å². The topological polar surface area (TPSA) is 90.3 Å². The molecule has 7 nitrogen and oxygen atoms in total. The second-order valence-electron chi connectivity index (χ2n) is 6.82. The molecule has 1 aliphatic rings. The van der Waals surface area contributed by atoms with Crippen molar-refractivity contribution < 1.29 is 13.5 Å². The number of piperidine rings is 1. The quantitative estimate of drug-likeness (QED) is 0.653. The number of pyridine rings is 1. The number of nitrogen functional groups attached to an aromatic ring is 1. The number of rotatable bonds is 6. The summed E-state index contributed by atoms with van der Waals surface area (Å²) in [7, 11) is 0. The standard InChI is InChI=1S/C20H22FN5O2/c21-16-4-5-17(22)15(11-16)12-27-13-19-24-25-20(28-19)14-6-9-26(10-7-14)18-3-1-2-8-23-18/h1-5,8,11,14H,6-7,9-10,12-13,22H2. The first-order chi connectivity index (χ1) is 13.7. The molecule has 0 bridgehead atoms. The Morgan fingerprint density at radius 3 is 2.79 bits per heavy atom. The number of benzene rings is 1. The smallest absolute Gasteiger partial charge is 0.242 e. The van der Waals surface area contributed by atoms with E-state index in [1.54, 1.807) is 0 Å². The zero-order valence-corrected chi connectivity index (χ0v) is 15.4. The second kappa shape index (κ2) is 8.35. The Morgan fingerprint density at radius 2 is 2.00 bits per heavy atom. The number of aromatic nitrogens is 3. The van der Waals surface area contributed by atoms with Gasteiger partial charge in [0, 0.05) is 36.5 Å². The molecule has 2 N–H and O–H groups in total. The molecule has 3 heterocycles. The van der Waals surface area contributed by atoms with Gasteiger partial charge in [0.05, 0.1) is 6.61 Å². The van der Waals surface area contributed by atoms with E-state index >= 15 is 0 Å². The Labute approximate surface area is 162 Å². The number of hydrogen-bond donors (Lipinski definition) is 1. The van der Waals surface area contributed by atoms with Gasteiger partial charge in [-0.25, -0.2) is 9.37 Å². The van der Waals surface area contributed by atoms with Gasteiger partial charge in [0.2, 0.25) is 11.8 Å². The van der Waals surface area contributed by atoms with Crippen LogP contribution in [0.5, 0.6) is 0 Å². The molecule has 0 spiro atoms. The Kier molecular flexibility index (Phi) is 5.48. The molecule has 3 aromatic rings. The van der Waals surface area contributed by atoms with Gasteiger partial charge in [0.1, 0.15) is 18.2 Å². The minimum Gasteiger partial charge on any atom is -0.422 e. The van der Waals surface area contributed by atoms with Gasteiger partial charge in [-0.1, -0.05) is 6.07 Å². The van der Waals surface area contributed by atoms with Crippen molar-refractivity contribution >= 4 is 11.5 Å². The summed E-state index contributed by atoms with van der Waals surface area (Å²) in [5, 5.41) is 8.25. The predicted octanol–water partition coefficient (Wildman–Crippen LogP) is 3.29. The number of anilines is 2. The highest BCUT2D eigenvalue weighted by molar-refractivity contribution is 5.46. The fourth-order valence-corrected chi connectivity index (χ4v) is 3.33. The number of ether oxygens (including phenoxy) is 1. The van der Waals surface area contributed by atoms with Crippen molar-refractivity contribution in [3.8, 4) is 0 Å². The number of halogens is 1. The third-order valence-corrected chi connectivity index (χ3v) is 4.89. The maximum Gasteiger partial charge on any atom is 0.242 e. The van der Waals surface area contributed by atoms with Crippen LogP contribution in [0.3, 0.4) is 0 Å². The fourth-order valence-electron chi connectivity index (χ4n) is 3.33. The predicted molar refractivity (Wildman–Crippen MR) is 102 cm³/mol. The molecule has 2 aromatic heterocycles. The van der Waals surface area contributed by atoms with Gasteiger partial charge in [-0.2, -0.15) is 0 Å². The van der Waals surface area contributed by atoms with Crippen LogP contribution in [0.2, 0.25) is 0 Å². The van der Waals surface area contributed by atoms with Crippen molar-refractivity contribution in [2.24, 2.45) is 0 Å². The van der Waals surface area contributed by atoms with Crippen LogP contribution in [0.4, 0.5) is 15.9 Å². The van der Waals surface area contributed by atoms with Crippen molar-refractivity contribution in [2.45, 2.75) is 32.0 Å². The van der Waals surface area contributed by atoms with Gasteiger partial charge >= 0.3 is 0 Å². The van der Waals surface area contributed by atoms with E-state index in [4.69, 9.17) is 14.9 Å². The molecule has 1 fully saturated rings. The summed E-state index contributed by atoms with van der Waals surface area (Å²) in [5.41, 5.74) is 6.91. The van der Waals surface area contributed by atoms with Gasteiger partial charge in [-0.15, -0.1) is 10.2 Å². The molecular formula is C20H22FN5O2. The average molecular weight is 383 g/mol. The molecule has 4 rings (SSSR count). The second-order valence-corrected chi connectivity index (χ2v) is 6.82. The van der Waals surface area contributed by atoms with Crippen LogP contribution in [-0.2, 0) is 18.0 Å². The zero-order chi connectivity index (χ0) is 19.3. The highest BCUT2D eigenvalue weighted by atomic mass is 19.1. The minimum absolute atomic E-state index is 0.162. The van der Waals surface area contributed by atoms with E-state index in [1.165, 1.54) is 18.2 Å². The minimum atomic E-state index is -0.343. The summed E-state index contributed by atoms with van der Waals surface area (Å²) >= 11 is 0. The summed E-state index contributed by atoms with van der Waals surface area (Å²) in [6, 6.07) is 10.1. The molecular weight excluding hydrogens is 361 g/mol. The lowest BCUT2D eigenvalue weighted by molar-refractivity contribution is 0.0883. The zero-order valence-electron chi connectivity index (χ0n) is 15.4. The lowest BCUT2D eigenvalue weighted by Gasteiger charge is -2.31. The van der Waals surface area contributed by atoms with E-state index in [2.05, 4.69) is 20.1 Å². The highest BCUT2D eigenvalue weighted by Crippen LogP contribution is 2.29. The summed E-state index contributed by atoms with van der Waals surface area (Å²) in [4.78, 5) is 6.66. The molecule has 146 valence electrons. The third-order valence-electron chi connectivity index (χ3n) is 4.89. The normalized spacial score (nSPS) is 15.1. The summed E-state index contributed by atoms with van der Waals surface area (Å²) in [5.74, 6) is 1.95. The maximum atomic E-state index is 13.3. The number of nitrogens with two attached hydrogens (primary N) is 1. The van der Waals surface area contributed by atoms with Gasteiger partial charge in [0.25, 0.3) is 0 Å². The first-order valence-corrected chi connectivity index (χ1v) is 9.29. The van der Waals surface area contributed by atoms with E-state index in [0.717, 1.165) is 31.7 Å². The number of hydrogen-bond acceptors (Lipinski definition) is 7. The van der Waals surface area contributed by atoms with Gasteiger partial charge < -0.3 is 19.8 Å². The van der Waals surface area contributed by atoms with E-state index in [-0.39, 0.29) is 24.9 Å². The molecule has 1 aliphatic heterocycles. The largest absolute Gasteiger partial charge is 0.422 e. The third kappa shape index (κ3) is 4.28. The Balaban J connectivity index is 1.28. The lowest BCUT2D eigenvalue weighted by Crippen LogP contribution is -2.33. The van der Waals surface area contributed by atoms with Crippen LogP contribution in [0, 0.1) is 5.82 Å². The van der Waals surface area contributed by atoms with Crippen molar-refractivity contribution in [3.63, 3.8) is 0 Å². The molecule has 28 heavy (non-hydrogen) atoms. The van der Waals surface area contributed by atoms with Crippen molar-refractivity contribution in [1.29, 1.82) is 0 Å². The van der Waals surface area contributed by atoms with E-state index in [9.17, 15) is 4.39 Å². The van der Waals surface area contributed by atoms with Gasteiger partial charge in [-0.3, -0.25) is 0 Å². The Hall–Kier alpha value is -3.00. The van der Waals surface area contributed by atoms with Crippen LogP contribution in [0.15, 0.2) is 47.0 Å². The van der Waals surface area contributed by atoms with Crippen LogP contribution in [0.1, 0.15) is 36.1 Å². The van der Waals surface area contributed by atoms with E-state index < -0.39 is 0 Å². The van der Waals surface area contributed by atoms with E-state index in [1.807, 2.05) is 24.4 Å². The van der Waals surface area contributed by atoms with Crippen LogP contribution >= 0.6 is 0 Å². The van der Waals surface area contributed by atoms with Crippen LogP contribution in [-0.4, -0.2) is 28.3 Å². The molecule has 0 radical (unpaired) electrons. The molecule has 0 unspecified atom stereocenters. The molecule has 0 saturated carbocycles. The molecule has 0 amide bonds. The summed E-state index contributed by atoms with van der Waals surface area (Å²) in [6.45, 7) is 2.14. The van der Waals surface area contributed by atoms with Crippen molar-refractivity contribution in [3.05, 3.63) is 65.8 Å². The average Bonchev–Trinajstić information content (AvgIpc) is 3.20. The number of nitrogens with zero attached hydrogens (tertiary/aromatic N) is 4. The Bertz CT molecular complexity index is 910. The molecule has 8 heteroatoms. The molecule has 0 atom stereocenters. The first-order valence-electron chi connectivity index (χ1n) is 9.29. The molecule has 1 aromatic carbocycles. The summed E-state index contributed by atoms with van der Waals surface area (Å²) in [6.07, 6.45) is 3.67. The summed E-state index contributed by atoms with van der Waals surface area (Å²) < 4.78 is 24.6. The SMILES string of the molecule is Nc1ccc(F)cc1COCc1nnc(C2CCN(c3ccccn3)CC2)o1. The van der Waals surface area contributed by atoms with Crippen molar-refractivity contribution in [1.82, 2.24) is 15.2 Å². The lowest BCUT2D eigenvalue weighted by atomic mass is 9.97. The Morgan fingerprint density at radius 1 is 1.14 bits per heavy atom. The monoisotopic (exact) mass is 383 g/mol. The van der Waals surface area contributed by atoms with E-state index in [0.29, 0.717) is 23.0 Å².